The van der Waals surface area contributed by atoms with E-state index in [4.69, 9.17) is 4.98 Å². The van der Waals surface area contributed by atoms with E-state index in [1.54, 1.807) is 29.0 Å². The summed E-state index contributed by atoms with van der Waals surface area (Å²) in [5, 5.41) is 10.6. The molecule has 0 amide bonds. The van der Waals surface area contributed by atoms with E-state index in [1.165, 1.54) is 16.3 Å². The lowest BCUT2D eigenvalue weighted by Gasteiger charge is -2.15. The van der Waals surface area contributed by atoms with Gasteiger partial charge in [-0.25, -0.2) is 4.98 Å². The van der Waals surface area contributed by atoms with E-state index in [0.29, 0.717) is 33.3 Å². The van der Waals surface area contributed by atoms with E-state index in [2.05, 4.69) is 10.2 Å². The monoisotopic (exact) mass is 466 g/mol. The number of thioether (sulfide) groups is 1. The third-order valence-electron chi connectivity index (χ3n) is 5.74. The molecule has 10 heteroatoms. The summed E-state index contributed by atoms with van der Waals surface area (Å²) in [4.78, 5) is 32.7. The van der Waals surface area contributed by atoms with Crippen LogP contribution >= 0.6 is 23.1 Å². The fourth-order valence-electron chi connectivity index (χ4n) is 3.96. The summed E-state index contributed by atoms with van der Waals surface area (Å²) in [6.07, 6.45) is 0. The van der Waals surface area contributed by atoms with E-state index >= 15 is 0 Å². The van der Waals surface area contributed by atoms with Gasteiger partial charge in [0.15, 0.2) is 5.16 Å². The van der Waals surface area contributed by atoms with Crippen LogP contribution in [0.5, 0.6) is 0 Å². The summed E-state index contributed by atoms with van der Waals surface area (Å²) < 4.78 is 5.16. The first-order valence-corrected chi connectivity index (χ1v) is 12.1. The zero-order valence-electron chi connectivity index (χ0n) is 18.4. The zero-order chi connectivity index (χ0) is 22.7. The van der Waals surface area contributed by atoms with Crippen molar-refractivity contribution < 1.29 is 0 Å². The highest BCUT2D eigenvalue weighted by Gasteiger charge is 2.20. The van der Waals surface area contributed by atoms with Gasteiger partial charge in [0, 0.05) is 18.0 Å². The second-order valence-corrected chi connectivity index (χ2v) is 10.2. The minimum absolute atomic E-state index is 0.00621. The van der Waals surface area contributed by atoms with Crippen LogP contribution in [0.25, 0.3) is 26.9 Å². The van der Waals surface area contributed by atoms with Gasteiger partial charge in [-0.05, 0) is 45.4 Å². The Morgan fingerprint density at radius 2 is 1.84 bits per heavy atom. The third kappa shape index (κ3) is 3.01. The number of aryl methyl sites for hydroxylation is 3. The van der Waals surface area contributed by atoms with Crippen molar-refractivity contribution in [1.82, 2.24) is 28.7 Å². The average molecular weight is 467 g/mol. The van der Waals surface area contributed by atoms with Crippen LogP contribution in [-0.4, -0.2) is 28.7 Å². The van der Waals surface area contributed by atoms with Gasteiger partial charge < -0.3 is 0 Å². The van der Waals surface area contributed by atoms with Gasteiger partial charge in [0.25, 0.3) is 11.1 Å². The Morgan fingerprint density at radius 3 is 2.59 bits per heavy atom. The molecule has 0 unspecified atom stereocenters. The number of thiophene rings is 1. The van der Waals surface area contributed by atoms with Crippen LogP contribution in [0.3, 0.4) is 0 Å². The van der Waals surface area contributed by atoms with Gasteiger partial charge in [-0.15, -0.1) is 21.5 Å². The highest BCUT2D eigenvalue weighted by atomic mass is 32.2. The second kappa shape index (κ2) is 7.56. The third-order valence-corrected chi connectivity index (χ3v) is 7.79. The summed E-state index contributed by atoms with van der Waals surface area (Å²) in [6, 6.07) is 7.41. The predicted molar refractivity (Wildman–Crippen MR) is 129 cm³/mol. The van der Waals surface area contributed by atoms with Crippen LogP contribution in [-0.2, 0) is 12.8 Å². The molecular weight excluding hydrogens is 444 g/mol. The van der Waals surface area contributed by atoms with Crippen LogP contribution in [0.4, 0.5) is 0 Å². The Morgan fingerprint density at radius 1 is 1.09 bits per heavy atom. The molecule has 4 heterocycles. The Bertz CT molecular complexity index is 1640. The lowest BCUT2D eigenvalue weighted by molar-refractivity contribution is 0.519. The van der Waals surface area contributed by atoms with Gasteiger partial charge in [0.05, 0.1) is 22.0 Å². The van der Waals surface area contributed by atoms with Crippen molar-refractivity contribution in [3.8, 4) is 0 Å². The number of hydrogen-bond donors (Lipinski definition) is 0. The number of hydrogen-bond acceptors (Lipinski definition) is 7. The molecule has 8 nitrogen and oxygen atoms in total. The molecule has 0 saturated carbocycles. The molecular formula is C22H22N6O2S2. The van der Waals surface area contributed by atoms with Crippen LogP contribution < -0.4 is 11.1 Å². The Labute approximate surface area is 191 Å². The molecule has 0 spiro atoms. The van der Waals surface area contributed by atoms with Crippen LogP contribution in [0.15, 0.2) is 39.0 Å². The van der Waals surface area contributed by atoms with Crippen molar-refractivity contribution in [2.75, 3.05) is 0 Å². The summed E-state index contributed by atoms with van der Waals surface area (Å²) in [7, 11) is 1.70. The van der Waals surface area contributed by atoms with E-state index in [-0.39, 0.29) is 17.2 Å². The number of para-hydroxylation sites is 1. The molecule has 164 valence electrons. The SMILES string of the molecule is Cc1sc2nc(SCc3nnc4n(C)c(=O)c5ccccc5n34)n(C(C)C)c(=O)c2c1C. The maximum atomic E-state index is 13.3. The normalized spacial score (nSPS) is 12.1. The minimum atomic E-state index is -0.107. The van der Waals surface area contributed by atoms with Crippen LogP contribution in [0, 0.1) is 13.8 Å². The number of rotatable bonds is 4. The molecule has 5 rings (SSSR count). The lowest BCUT2D eigenvalue weighted by atomic mass is 10.2. The standard InChI is InChI=1S/C22H22N6O2S2/c1-11(2)27-20(30)17-12(3)13(4)32-18(17)23-22(27)31-10-16-24-25-21-26(5)19(29)14-8-6-7-9-15(14)28(16)21/h6-9,11H,10H2,1-5H3. The van der Waals surface area contributed by atoms with Crippen LogP contribution in [0.1, 0.15) is 36.2 Å². The lowest BCUT2D eigenvalue weighted by Crippen LogP contribution is -2.25. The molecule has 0 aliphatic carbocycles. The van der Waals surface area contributed by atoms with E-state index < -0.39 is 0 Å². The smallest absolute Gasteiger partial charge is 0.263 e. The van der Waals surface area contributed by atoms with Gasteiger partial charge >= 0.3 is 0 Å². The molecule has 0 bridgehead atoms. The van der Waals surface area contributed by atoms with Crippen molar-refractivity contribution in [2.24, 2.45) is 7.05 Å². The van der Waals surface area contributed by atoms with Crippen molar-refractivity contribution in [3.05, 3.63) is 61.2 Å². The highest BCUT2D eigenvalue weighted by molar-refractivity contribution is 7.98. The molecule has 0 N–H and O–H groups in total. The Kier molecular flexibility index (Phi) is 4.94. The predicted octanol–water partition coefficient (Wildman–Crippen LogP) is 3.84. The molecule has 0 aliphatic heterocycles. The molecule has 5 aromatic rings. The Balaban J connectivity index is 1.65. The molecule has 0 aliphatic rings. The number of benzene rings is 1. The number of aromatic nitrogens is 6. The summed E-state index contributed by atoms with van der Waals surface area (Å²) >= 11 is 3.01. The fourth-order valence-corrected chi connectivity index (χ4v) is 6.07. The van der Waals surface area contributed by atoms with E-state index in [0.717, 1.165) is 20.8 Å². The average Bonchev–Trinajstić information content (AvgIpc) is 3.31. The fraction of sp³-hybridized carbons (Fsp3) is 0.318. The van der Waals surface area contributed by atoms with Crippen molar-refractivity contribution >= 4 is 50.0 Å². The van der Waals surface area contributed by atoms with Gasteiger partial charge in [-0.3, -0.25) is 23.1 Å². The summed E-state index contributed by atoms with van der Waals surface area (Å²) in [5.41, 5.74) is 1.65. The van der Waals surface area contributed by atoms with Crippen molar-refractivity contribution in [2.45, 2.75) is 44.6 Å². The molecule has 4 aromatic heterocycles. The second-order valence-electron chi connectivity index (χ2n) is 8.05. The van der Waals surface area contributed by atoms with Crippen molar-refractivity contribution in [1.29, 1.82) is 0 Å². The molecule has 0 saturated heterocycles. The zero-order valence-corrected chi connectivity index (χ0v) is 20.0. The molecule has 32 heavy (non-hydrogen) atoms. The minimum Gasteiger partial charge on any atom is -0.284 e. The molecule has 0 atom stereocenters. The molecule has 0 fully saturated rings. The topological polar surface area (TPSA) is 87.1 Å². The van der Waals surface area contributed by atoms with Crippen molar-refractivity contribution in [3.63, 3.8) is 0 Å². The first kappa shape index (κ1) is 20.9. The first-order chi connectivity index (χ1) is 15.3. The summed E-state index contributed by atoms with van der Waals surface area (Å²) in [5.74, 6) is 1.63. The highest BCUT2D eigenvalue weighted by Crippen LogP contribution is 2.30. The number of fused-ring (bicyclic) bond motifs is 4. The molecule has 1 aromatic carbocycles. The van der Waals surface area contributed by atoms with E-state index in [1.807, 2.05) is 50.3 Å². The van der Waals surface area contributed by atoms with E-state index in [9.17, 15) is 9.59 Å². The van der Waals surface area contributed by atoms with Gasteiger partial charge in [-0.1, -0.05) is 23.9 Å². The quantitative estimate of drug-likeness (QED) is 0.295. The maximum absolute atomic E-state index is 13.3. The summed E-state index contributed by atoms with van der Waals surface area (Å²) in [6.45, 7) is 7.98. The first-order valence-electron chi connectivity index (χ1n) is 10.3. The van der Waals surface area contributed by atoms with Gasteiger partial charge in [-0.2, -0.15) is 0 Å². The molecule has 0 radical (unpaired) electrons. The van der Waals surface area contributed by atoms with Crippen LogP contribution in [0.2, 0.25) is 0 Å². The largest absolute Gasteiger partial charge is 0.284 e. The Hall–Kier alpha value is -2.98. The van der Waals surface area contributed by atoms with Gasteiger partial charge in [0.2, 0.25) is 5.78 Å². The maximum Gasteiger partial charge on any atom is 0.263 e. The van der Waals surface area contributed by atoms with Gasteiger partial charge in [0.1, 0.15) is 10.7 Å². The number of nitrogens with zero attached hydrogens (tertiary/aromatic N) is 6.